The average Bonchev–Trinajstić information content (AvgIpc) is 2.67. The van der Waals surface area contributed by atoms with E-state index in [9.17, 15) is 9.59 Å². The number of carbonyl (C=O) groups excluding carboxylic acids is 2. The summed E-state index contributed by atoms with van der Waals surface area (Å²) in [4.78, 5) is 36.6. The van der Waals surface area contributed by atoms with Crippen molar-refractivity contribution in [2.45, 2.75) is 19.8 Å². The molecule has 0 aliphatic carbocycles. The summed E-state index contributed by atoms with van der Waals surface area (Å²) in [6.07, 6.45) is 6.04. The van der Waals surface area contributed by atoms with E-state index in [4.69, 9.17) is 5.73 Å². The lowest BCUT2D eigenvalue weighted by molar-refractivity contribution is 0.0953. The predicted octanol–water partition coefficient (Wildman–Crippen LogP) is 1.42. The number of urea groups is 1. The molecule has 0 saturated heterocycles. The van der Waals surface area contributed by atoms with Gasteiger partial charge in [-0.05, 0) is 31.5 Å². The van der Waals surface area contributed by atoms with Gasteiger partial charge in [0.2, 0.25) is 5.95 Å². The van der Waals surface area contributed by atoms with Crippen LogP contribution < -0.4 is 27.0 Å². The molecule has 2 aromatic rings. The summed E-state index contributed by atoms with van der Waals surface area (Å²) in [6, 6.07) is 2.81. The maximum absolute atomic E-state index is 12.3. The second-order valence-electron chi connectivity index (χ2n) is 5.60. The van der Waals surface area contributed by atoms with Crippen LogP contribution in [0.1, 0.15) is 30.1 Å². The van der Waals surface area contributed by atoms with Gasteiger partial charge < -0.3 is 21.7 Å². The second-order valence-corrected chi connectivity index (χ2v) is 5.60. The van der Waals surface area contributed by atoms with Crippen LogP contribution in [-0.2, 0) is 0 Å². The zero-order valence-electron chi connectivity index (χ0n) is 15.2. The number of carbonyl (C=O) groups is 2. The lowest BCUT2D eigenvalue weighted by atomic mass is 10.2. The molecule has 0 saturated carbocycles. The highest BCUT2D eigenvalue weighted by Crippen LogP contribution is 2.14. The van der Waals surface area contributed by atoms with E-state index in [0.717, 1.165) is 6.42 Å². The average molecular weight is 372 g/mol. The molecule has 2 aromatic heterocycles. The number of nitrogens with one attached hydrogen (secondary N) is 4. The minimum Gasteiger partial charge on any atom is -0.369 e. The number of anilines is 3. The fourth-order valence-electron chi connectivity index (χ4n) is 2.08. The van der Waals surface area contributed by atoms with E-state index >= 15 is 0 Å². The lowest BCUT2D eigenvalue weighted by Gasteiger charge is -2.12. The van der Waals surface area contributed by atoms with Gasteiger partial charge >= 0.3 is 6.03 Å². The van der Waals surface area contributed by atoms with Crippen LogP contribution in [0.3, 0.4) is 0 Å². The van der Waals surface area contributed by atoms with Gasteiger partial charge in [0.05, 0.1) is 0 Å². The van der Waals surface area contributed by atoms with Crippen LogP contribution >= 0.6 is 0 Å². The summed E-state index contributed by atoms with van der Waals surface area (Å²) >= 11 is 0. The Morgan fingerprint density at radius 3 is 2.63 bits per heavy atom. The molecule has 2 heterocycles. The van der Waals surface area contributed by atoms with Crippen molar-refractivity contribution in [1.82, 2.24) is 20.3 Å². The zero-order chi connectivity index (χ0) is 19.5. The molecule has 0 radical (unpaired) electrons. The Morgan fingerprint density at radius 2 is 1.93 bits per heavy atom. The van der Waals surface area contributed by atoms with Gasteiger partial charge in [-0.1, -0.05) is 6.92 Å². The quantitative estimate of drug-likeness (QED) is 0.418. The minimum atomic E-state index is -0.497. The van der Waals surface area contributed by atoms with Crippen molar-refractivity contribution in [2.75, 3.05) is 35.6 Å². The number of hydrogen-bond donors (Lipinski definition) is 5. The van der Waals surface area contributed by atoms with Gasteiger partial charge in [-0.25, -0.2) is 9.78 Å². The second kappa shape index (κ2) is 10.7. The number of rotatable bonds is 9. The molecule has 2 rings (SSSR count). The Kier molecular flexibility index (Phi) is 7.92. The van der Waals surface area contributed by atoms with Crippen LogP contribution in [0, 0.1) is 0 Å². The maximum Gasteiger partial charge on any atom is 0.326 e. The van der Waals surface area contributed by atoms with Crippen molar-refractivity contribution in [3.05, 3.63) is 36.3 Å². The molecule has 10 nitrogen and oxygen atoms in total. The Balaban J connectivity index is 2.08. The Labute approximate surface area is 157 Å². The van der Waals surface area contributed by atoms with Crippen molar-refractivity contribution < 1.29 is 9.59 Å². The molecule has 144 valence electrons. The van der Waals surface area contributed by atoms with Gasteiger partial charge in [0.25, 0.3) is 5.91 Å². The SMILES string of the molecule is CCCNc1nc(NC(=O)Nc2ccncc2)ncc1C(=O)NCCCN. The first-order valence-corrected chi connectivity index (χ1v) is 8.71. The molecule has 3 amide bonds. The van der Waals surface area contributed by atoms with Crippen molar-refractivity contribution in [2.24, 2.45) is 5.73 Å². The molecule has 10 heteroatoms. The number of pyridine rings is 1. The summed E-state index contributed by atoms with van der Waals surface area (Å²) in [7, 11) is 0. The van der Waals surface area contributed by atoms with Crippen LogP contribution in [0.2, 0.25) is 0 Å². The van der Waals surface area contributed by atoms with Crippen LogP contribution in [0.15, 0.2) is 30.7 Å². The molecule has 0 fully saturated rings. The van der Waals surface area contributed by atoms with Gasteiger partial charge in [-0.15, -0.1) is 0 Å². The fourth-order valence-corrected chi connectivity index (χ4v) is 2.08. The van der Waals surface area contributed by atoms with Gasteiger partial charge in [0.15, 0.2) is 0 Å². The van der Waals surface area contributed by atoms with Crippen LogP contribution in [0.4, 0.5) is 22.2 Å². The smallest absolute Gasteiger partial charge is 0.326 e. The molecular weight excluding hydrogens is 348 g/mol. The van der Waals surface area contributed by atoms with E-state index in [1.54, 1.807) is 24.5 Å². The molecule has 0 atom stereocenters. The number of amides is 3. The first-order valence-electron chi connectivity index (χ1n) is 8.71. The standard InChI is InChI=1S/C17H24N8O2/c1-2-7-20-14-13(15(26)21-8-3-6-18)11-22-16(24-14)25-17(27)23-12-4-9-19-10-5-12/h4-5,9-11H,2-3,6-8,18H2,1H3,(H,21,26)(H3,19,20,22,23,24,25,27). The zero-order valence-corrected chi connectivity index (χ0v) is 15.2. The summed E-state index contributed by atoms with van der Waals surface area (Å²) < 4.78 is 0. The van der Waals surface area contributed by atoms with E-state index in [1.807, 2.05) is 6.92 Å². The third-order valence-corrected chi connectivity index (χ3v) is 3.41. The number of aromatic nitrogens is 3. The monoisotopic (exact) mass is 372 g/mol. The highest BCUT2D eigenvalue weighted by Gasteiger charge is 2.15. The normalized spacial score (nSPS) is 10.1. The molecule has 6 N–H and O–H groups in total. The fraction of sp³-hybridized carbons (Fsp3) is 0.353. The molecular formula is C17H24N8O2. The Bertz CT molecular complexity index is 754. The molecule has 0 aliphatic rings. The molecule has 0 aliphatic heterocycles. The Hall–Kier alpha value is -3.27. The third kappa shape index (κ3) is 6.51. The largest absolute Gasteiger partial charge is 0.369 e. The number of nitrogens with zero attached hydrogens (tertiary/aromatic N) is 3. The van der Waals surface area contributed by atoms with Crippen LogP contribution in [0.25, 0.3) is 0 Å². The van der Waals surface area contributed by atoms with Crippen molar-refractivity contribution in [3.8, 4) is 0 Å². The van der Waals surface area contributed by atoms with Crippen LogP contribution in [0.5, 0.6) is 0 Å². The molecule has 0 aromatic carbocycles. The van der Waals surface area contributed by atoms with E-state index in [2.05, 4.69) is 36.2 Å². The van der Waals surface area contributed by atoms with E-state index in [0.29, 0.717) is 43.1 Å². The first kappa shape index (κ1) is 20.0. The van der Waals surface area contributed by atoms with Gasteiger partial charge in [-0.2, -0.15) is 4.98 Å². The van der Waals surface area contributed by atoms with E-state index < -0.39 is 6.03 Å². The highest BCUT2D eigenvalue weighted by molar-refractivity contribution is 6.00. The molecule has 0 spiro atoms. The third-order valence-electron chi connectivity index (χ3n) is 3.41. The highest BCUT2D eigenvalue weighted by atomic mass is 16.2. The van der Waals surface area contributed by atoms with Crippen molar-refractivity contribution >= 4 is 29.4 Å². The van der Waals surface area contributed by atoms with Crippen molar-refractivity contribution in [1.29, 1.82) is 0 Å². The molecule has 0 bridgehead atoms. The van der Waals surface area contributed by atoms with Gasteiger partial charge in [-0.3, -0.25) is 15.1 Å². The van der Waals surface area contributed by atoms with Gasteiger partial charge in [0, 0.05) is 37.4 Å². The van der Waals surface area contributed by atoms with Crippen LogP contribution in [-0.4, -0.2) is 46.5 Å². The molecule has 0 unspecified atom stereocenters. The topological polar surface area (TPSA) is 147 Å². The number of nitrogens with two attached hydrogens (primary N) is 1. The van der Waals surface area contributed by atoms with Crippen molar-refractivity contribution in [3.63, 3.8) is 0 Å². The van der Waals surface area contributed by atoms with E-state index in [1.165, 1.54) is 6.20 Å². The Morgan fingerprint density at radius 1 is 1.15 bits per heavy atom. The van der Waals surface area contributed by atoms with E-state index in [-0.39, 0.29) is 11.9 Å². The maximum atomic E-state index is 12.3. The lowest BCUT2D eigenvalue weighted by Crippen LogP contribution is -2.28. The summed E-state index contributed by atoms with van der Waals surface area (Å²) in [5, 5.41) is 11.0. The molecule has 27 heavy (non-hydrogen) atoms. The minimum absolute atomic E-state index is 0.0821. The predicted molar refractivity (Wildman–Crippen MR) is 104 cm³/mol. The first-order chi connectivity index (χ1) is 13.1. The van der Waals surface area contributed by atoms with Gasteiger partial charge in [0.1, 0.15) is 11.4 Å². The summed E-state index contributed by atoms with van der Waals surface area (Å²) in [5.74, 6) is 0.143. The number of hydrogen-bond acceptors (Lipinski definition) is 7. The summed E-state index contributed by atoms with van der Waals surface area (Å²) in [6.45, 7) is 3.59. The summed E-state index contributed by atoms with van der Waals surface area (Å²) in [5.41, 5.74) is 6.32.